The van der Waals surface area contributed by atoms with Gasteiger partial charge >= 0.3 is 6.08 Å². The van der Waals surface area contributed by atoms with Crippen molar-refractivity contribution in [3.63, 3.8) is 0 Å². The molecule has 86 valence electrons. The van der Waals surface area contributed by atoms with Crippen LogP contribution in [0.3, 0.4) is 0 Å². The molecule has 2 rings (SSSR count). The predicted molar refractivity (Wildman–Crippen MR) is 57.0 cm³/mol. The highest BCUT2D eigenvalue weighted by Crippen LogP contribution is 2.19. The van der Waals surface area contributed by atoms with Gasteiger partial charge in [-0.1, -0.05) is 6.92 Å². The summed E-state index contributed by atoms with van der Waals surface area (Å²) in [7, 11) is 0. The van der Waals surface area contributed by atoms with Gasteiger partial charge in [0.2, 0.25) is 0 Å². The average Bonchev–Trinajstić information content (AvgIpc) is 2.89. The fourth-order valence-electron chi connectivity index (χ4n) is 1.28. The standard InChI is InChI=1S/C10H14N4O2/c1-2-3-14-6-9(5-12-14)16-10-13-8(4-11)7-15-10/h5-7H,2-4,11H2,1H3. The lowest BCUT2D eigenvalue weighted by Crippen LogP contribution is -1.96. The van der Waals surface area contributed by atoms with E-state index in [2.05, 4.69) is 17.0 Å². The zero-order valence-corrected chi connectivity index (χ0v) is 9.09. The van der Waals surface area contributed by atoms with Gasteiger partial charge in [-0.2, -0.15) is 10.1 Å². The number of nitrogens with two attached hydrogens (primary N) is 1. The zero-order chi connectivity index (χ0) is 11.4. The van der Waals surface area contributed by atoms with Crippen LogP contribution in [0.15, 0.2) is 23.1 Å². The molecule has 2 aromatic heterocycles. The van der Waals surface area contributed by atoms with E-state index in [1.54, 1.807) is 12.4 Å². The first-order valence-electron chi connectivity index (χ1n) is 5.16. The SMILES string of the molecule is CCCn1cc(Oc2nc(CN)co2)cn1. The number of hydrogen-bond acceptors (Lipinski definition) is 5. The van der Waals surface area contributed by atoms with Gasteiger partial charge in [-0.05, 0) is 6.42 Å². The van der Waals surface area contributed by atoms with Crippen molar-refractivity contribution >= 4 is 0 Å². The molecule has 6 nitrogen and oxygen atoms in total. The highest BCUT2D eigenvalue weighted by atomic mass is 16.6. The summed E-state index contributed by atoms with van der Waals surface area (Å²) in [6.45, 7) is 3.29. The van der Waals surface area contributed by atoms with Gasteiger partial charge in [-0.25, -0.2) is 0 Å². The van der Waals surface area contributed by atoms with Crippen molar-refractivity contribution in [3.05, 3.63) is 24.4 Å². The Morgan fingerprint density at radius 3 is 3.12 bits per heavy atom. The van der Waals surface area contributed by atoms with Gasteiger partial charge in [0.05, 0.1) is 18.1 Å². The summed E-state index contributed by atoms with van der Waals surface area (Å²) in [5.41, 5.74) is 6.07. The van der Waals surface area contributed by atoms with Crippen molar-refractivity contribution in [1.29, 1.82) is 0 Å². The van der Waals surface area contributed by atoms with E-state index in [1.165, 1.54) is 6.26 Å². The minimum atomic E-state index is 0.191. The smallest absolute Gasteiger partial charge is 0.399 e. The van der Waals surface area contributed by atoms with Crippen LogP contribution < -0.4 is 10.5 Å². The summed E-state index contributed by atoms with van der Waals surface area (Å²) < 4.78 is 12.3. The second-order valence-corrected chi connectivity index (χ2v) is 3.35. The Morgan fingerprint density at radius 1 is 1.56 bits per heavy atom. The molecule has 0 radical (unpaired) electrons. The minimum absolute atomic E-state index is 0.191. The van der Waals surface area contributed by atoms with Gasteiger partial charge < -0.3 is 14.9 Å². The quantitative estimate of drug-likeness (QED) is 0.829. The summed E-state index contributed by atoms with van der Waals surface area (Å²) in [6.07, 6.45) is 6.12. The topological polar surface area (TPSA) is 79.1 Å². The summed E-state index contributed by atoms with van der Waals surface area (Å²) in [5.74, 6) is 0.610. The van der Waals surface area contributed by atoms with Crippen molar-refractivity contribution in [1.82, 2.24) is 14.8 Å². The van der Waals surface area contributed by atoms with E-state index in [4.69, 9.17) is 14.9 Å². The highest BCUT2D eigenvalue weighted by molar-refractivity contribution is 5.16. The van der Waals surface area contributed by atoms with Gasteiger partial charge in [0, 0.05) is 13.1 Å². The zero-order valence-electron chi connectivity index (χ0n) is 9.09. The number of oxazole rings is 1. The average molecular weight is 222 g/mol. The number of hydrogen-bond donors (Lipinski definition) is 1. The van der Waals surface area contributed by atoms with E-state index in [0.29, 0.717) is 18.0 Å². The molecule has 0 fully saturated rings. The third-order valence-electron chi connectivity index (χ3n) is 2.01. The summed E-state index contributed by atoms with van der Waals surface area (Å²) in [6, 6.07) is 0. The van der Waals surface area contributed by atoms with Gasteiger partial charge in [0.25, 0.3) is 0 Å². The Kier molecular flexibility index (Phi) is 3.21. The Balaban J connectivity index is 2.02. The van der Waals surface area contributed by atoms with Gasteiger partial charge in [0.15, 0.2) is 5.75 Å². The van der Waals surface area contributed by atoms with Crippen LogP contribution in [0, 0.1) is 0 Å². The van der Waals surface area contributed by atoms with Crippen LogP contribution in [0.4, 0.5) is 0 Å². The lowest BCUT2D eigenvalue weighted by atomic mass is 10.5. The lowest BCUT2D eigenvalue weighted by Gasteiger charge is -1.95. The van der Waals surface area contributed by atoms with Crippen molar-refractivity contribution in [3.8, 4) is 11.8 Å². The van der Waals surface area contributed by atoms with E-state index in [1.807, 2.05) is 4.68 Å². The number of ether oxygens (including phenoxy) is 1. The summed E-state index contributed by atoms with van der Waals surface area (Å²) >= 11 is 0. The molecule has 0 aliphatic rings. The van der Waals surface area contributed by atoms with Crippen LogP contribution >= 0.6 is 0 Å². The molecule has 0 spiro atoms. The fraction of sp³-hybridized carbons (Fsp3) is 0.400. The molecule has 0 atom stereocenters. The molecular formula is C10H14N4O2. The molecule has 6 heteroatoms. The third-order valence-corrected chi connectivity index (χ3v) is 2.01. The van der Waals surface area contributed by atoms with Crippen molar-refractivity contribution in [2.75, 3.05) is 0 Å². The van der Waals surface area contributed by atoms with E-state index in [-0.39, 0.29) is 6.08 Å². The molecule has 0 aliphatic carbocycles. The van der Waals surface area contributed by atoms with E-state index in [0.717, 1.165) is 13.0 Å². The Morgan fingerprint density at radius 2 is 2.44 bits per heavy atom. The molecule has 0 saturated heterocycles. The molecule has 0 saturated carbocycles. The number of aryl methyl sites for hydroxylation is 1. The minimum Gasteiger partial charge on any atom is -0.417 e. The summed E-state index contributed by atoms with van der Waals surface area (Å²) in [4.78, 5) is 4.03. The maximum Gasteiger partial charge on any atom is 0.399 e. The molecule has 2 aromatic rings. The molecule has 0 aromatic carbocycles. The molecule has 0 bridgehead atoms. The van der Waals surface area contributed by atoms with E-state index >= 15 is 0 Å². The molecule has 2 heterocycles. The maximum absolute atomic E-state index is 5.41. The first kappa shape index (κ1) is 10.7. The second kappa shape index (κ2) is 4.80. The number of aromatic nitrogens is 3. The van der Waals surface area contributed by atoms with Crippen LogP contribution in [0.5, 0.6) is 11.8 Å². The molecule has 2 N–H and O–H groups in total. The van der Waals surface area contributed by atoms with Crippen LogP contribution in [-0.4, -0.2) is 14.8 Å². The largest absolute Gasteiger partial charge is 0.417 e. The Hall–Kier alpha value is -1.82. The third kappa shape index (κ3) is 2.40. The van der Waals surface area contributed by atoms with E-state index in [9.17, 15) is 0 Å². The van der Waals surface area contributed by atoms with Gasteiger partial charge in [0.1, 0.15) is 6.26 Å². The Labute approximate surface area is 93.0 Å². The first-order chi connectivity index (χ1) is 7.81. The van der Waals surface area contributed by atoms with Crippen LogP contribution in [0.1, 0.15) is 19.0 Å². The van der Waals surface area contributed by atoms with Crippen molar-refractivity contribution < 1.29 is 9.15 Å². The fourth-order valence-corrected chi connectivity index (χ4v) is 1.28. The molecular weight excluding hydrogens is 208 g/mol. The lowest BCUT2D eigenvalue weighted by molar-refractivity contribution is 0.330. The number of nitrogens with zero attached hydrogens (tertiary/aromatic N) is 3. The van der Waals surface area contributed by atoms with Gasteiger partial charge in [-0.3, -0.25) is 4.68 Å². The second-order valence-electron chi connectivity index (χ2n) is 3.35. The highest BCUT2D eigenvalue weighted by Gasteiger charge is 2.06. The molecule has 16 heavy (non-hydrogen) atoms. The Bertz CT molecular complexity index is 449. The first-order valence-corrected chi connectivity index (χ1v) is 5.16. The normalized spacial score (nSPS) is 10.6. The molecule has 0 amide bonds. The van der Waals surface area contributed by atoms with Crippen LogP contribution in [-0.2, 0) is 13.1 Å². The maximum atomic E-state index is 5.41. The van der Waals surface area contributed by atoms with E-state index < -0.39 is 0 Å². The molecule has 0 aliphatic heterocycles. The monoisotopic (exact) mass is 222 g/mol. The molecule has 0 unspecified atom stereocenters. The van der Waals surface area contributed by atoms with Crippen molar-refractivity contribution in [2.24, 2.45) is 5.73 Å². The number of rotatable bonds is 5. The van der Waals surface area contributed by atoms with Crippen LogP contribution in [0.2, 0.25) is 0 Å². The predicted octanol–water partition coefficient (Wildman–Crippen LogP) is 1.53. The van der Waals surface area contributed by atoms with Gasteiger partial charge in [-0.15, -0.1) is 0 Å². The van der Waals surface area contributed by atoms with Crippen LogP contribution in [0.25, 0.3) is 0 Å². The summed E-state index contributed by atoms with van der Waals surface area (Å²) in [5, 5.41) is 4.13. The van der Waals surface area contributed by atoms with Crippen molar-refractivity contribution in [2.45, 2.75) is 26.4 Å².